The van der Waals surface area contributed by atoms with E-state index in [0.717, 1.165) is 11.4 Å². The van der Waals surface area contributed by atoms with Gasteiger partial charge in [0.25, 0.3) is 0 Å². The Morgan fingerprint density at radius 1 is 1.04 bits per heavy atom. The van der Waals surface area contributed by atoms with Gasteiger partial charge in [-0.1, -0.05) is 6.07 Å². The molecule has 0 saturated carbocycles. The third-order valence-electron chi connectivity index (χ3n) is 3.56. The molecule has 0 saturated heterocycles. The summed E-state index contributed by atoms with van der Waals surface area (Å²) in [6.45, 7) is 4.73. The summed E-state index contributed by atoms with van der Waals surface area (Å²) in [5.41, 5.74) is 0.773. The zero-order valence-corrected chi connectivity index (χ0v) is 16.3. The van der Waals surface area contributed by atoms with E-state index in [4.69, 9.17) is 9.47 Å². The molecular weight excluding hydrogens is 354 g/mol. The van der Waals surface area contributed by atoms with Crippen LogP contribution in [0.1, 0.15) is 19.4 Å². The number of rotatable bonds is 9. The van der Waals surface area contributed by atoms with Crippen molar-refractivity contribution in [1.29, 1.82) is 0 Å². The third-order valence-corrected chi connectivity index (χ3v) is 4.96. The second-order valence-electron chi connectivity index (χ2n) is 5.72. The summed E-state index contributed by atoms with van der Waals surface area (Å²) in [5, 5.41) is 0. The lowest BCUT2D eigenvalue weighted by atomic mass is 10.3. The van der Waals surface area contributed by atoms with Gasteiger partial charge in [-0.05, 0) is 37.6 Å². The molecule has 0 radical (unpaired) electrons. The molecule has 1 aromatic heterocycles. The standard InChI is InChI=1S/C18H25N3O4S/c1-5-24-16-9-8-15(11-17(16)25-6-2)26(22,23)20-13-14-7-10-18(19-12-14)21(3)4/h7-12,20H,5-6,13H2,1-4H3. The summed E-state index contributed by atoms with van der Waals surface area (Å²) >= 11 is 0. The highest BCUT2D eigenvalue weighted by Gasteiger charge is 2.17. The molecule has 1 aromatic carbocycles. The maximum Gasteiger partial charge on any atom is 0.241 e. The molecule has 0 aliphatic carbocycles. The van der Waals surface area contributed by atoms with Crippen LogP contribution in [0.2, 0.25) is 0 Å². The summed E-state index contributed by atoms with van der Waals surface area (Å²) in [5.74, 6) is 1.75. The maximum atomic E-state index is 12.6. The van der Waals surface area contributed by atoms with Crippen molar-refractivity contribution in [2.45, 2.75) is 25.3 Å². The first-order valence-electron chi connectivity index (χ1n) is 8.39. The molecule has 2 aromatic rings. The molecule has 142 valence electrons. The van der Waals surface area contributed by atoms with E-state index >= 15 is 0 Å². The average Bonchev–Trinajstić information content (AvgIpc) is 2.62. The van der Waals surface area contributed by atoms with E-state index in [9.17, 15) is 8.42 Å². The van der Waals surface area contributed by atoms with E-state index in [1.165, 1.54) is 12.1 Å². The van der Waals surface area contributed by atoms with Crippen LogP contribution in [0.5, 0.6) is 11.5 Å². The van der Waals surface area contributed by atoms with Crippen LogP contribution in [-0.4, -0.2) is 40.7 Å². The molecule has 0 aliphatic heterocycles. The highest BCUT2D eigenvalue weighted by atomic mass is 32.2. The highest BCUT2D eigenvalue weighted by Crippen LogP contribution is 2.30. The van der Waals surface area contributed by atoms with Gasteiger partial charge in [-0.2, -0.15) is 0 Å². The lowest BCUT2D eigenvalue weighted by Crippen LogP contribution is -2.23. The van der Waals surface area contributed by atoms with Crippen molar-refractivity contribution in [3.05, 3.63) is 42.1 Å². The topological polar surface area (TPSA) is 80.8 Å². The van der Waals surface area contributed by atoms with Gasteiger partial charge in [-0.3, -0.25) is 0 Å². The van der Waals surface area contributed by atoms with Crippen LogP contribution >= 0.6 is 0 Å². The number of nitrogens with zero attached hydrogens (tertiary/aromatic N) is 2. The number of pyridine rings is 1. The SMILES string of the molecule is CCOc1ccc(S(=O)(=O)NCc2ccc(N(C)C)nc2)cc1OCC. The zero-order valence-electron chi connectivity index (χ0n) is 15.5. The van der Waals surface area contributed by atoms with Gasteiger partial charge in [0.1, 0.15) is 5.82 Å². The van der Waals surface area contributed by atoms with Gasteiger partial charge in [0.2, 0.25) is 10.0 Å². The monoisotopic (exact) mass is 379 g/mol. The van der Waals surface area contributed by atoms with Crippen molar-refractivity contribution in [2.75, 3.05) is 32.2 Å². The molecule has 0 aliphatic rings. The molecule has 7 nitrogen and oxygen atoms in total. The second-order valence-corrected chi connectivity index (χ2v) is 7.49. The second kappa shape index (κ2) is 8.86. The minimum absolute atomic E-state index is 0.127. The van der Waals surface area contributed by atoms with Crippen molar-refractivity contribution in [3.8, 4) is 11.5 Å². The van der Waals surface area contributed by atoms with Gasteiger partial charge in [-0.15, -0.1) is 0 Å². The molecule has 0 fully saturated rings. The molecule has 0 spiro atoms. The Labute approximate surface area is 155 Å². The van der Waals surface area contributed by atoms with Crippen LogP contribution < -0.4 is 19.1 Å². The van der Waals surface area contributed by atoms with Gasteiger partial charge in [0.15, 0.2) is 11.5 Å². The van der Waals surface area contributed by atoms with Gasteiger partial charge in [0.05, 0.1) is 18.1 Å². The van der Waals surface area contributed by atoms with E-state index in [0.29, 0.717) is 24.7 Å². The summed E-state index contributed by atoms with van der Waals surface area (Å²) in [7, 11) is 0.110. The molecule has 1 heterocycles. The normalized spacial score (nSPS) is 11.2. The first kappa shape index (κ1) is 20.0. The number of ether oxygens (including phenoxy) is 2. The number of nitrogens with one attached hydrogen (secondary N) is 1. The van der Waals surface area contributed by atoms with Crippen LogP contribution in [0.15, 0.2) is 41.4 Å². The van der Waals surface area contributed by atoms with Gasteiger partial charge < -0.3 is 14.4 Å². The Balaban J connectivity index is 2.14. The summed E-state index contributed by atoms with van der Waals surface area (Å²) in [4.78, 5) is 6.28. The van der Waals surface area contributed by atoms with Crippen LogP contribution in [-0.2, 0) is 16.6 Å². The van der Waals surface area contributed by atoms with Crippen LogP contribution in [0.25, 0.3) is 0 Å². The molecular formula is C18H25N3O4S. The van der Waals surface area contributed by atoms with Gasteiger partial charge in [-0.25, -0.2) is 18.1 Å². The van der Waals surface area contributed by atoms with Gasteiger partial charge >= 0.3 is 0 Å². The number of benzene rings is 1. The molecule has 0 unspecified atom stereocenters. The first-order chi connectivity index (χ1) is 12.4. The van der Waals surface area contributed by atoms with E-state index in [1.807, 2.05) is 45.0 Å². The zero-order chi connectivity index (χ0) is 19.2. The Morgan fingerprint density at radius 2 is 1.73 bits per heavy atom. The number of sulfonamides is 1. The van der Waals surface area contributed by atoms with Crippen LogP contribution in [0.3, 0.4) is 0 Å². The number of aromatic nitrogens is 1. The van der Waals surface area contributed by atoms with Crippen molar-refractivity contribution < 1.29 is 17.9 Å². The predicted octanol–water partition coefficient (Wildman–Crippen LogP) is 2.42. The minimum Gasteiger partial charge on any atom is -0.490 e. The van der Waals surface area contributed by atoms with Crippen molar-refractivity contribution >= 4 is 15.8 Å². The smallest absolute Gasteiger partial charge is 0.241 e. The Morgan fingerprint density at radius 3 is 2.31 bits per heavy atom. The van der Waals surface area contributed by atoms with E-state index < -0.39 is 10.0 Å². The molecule has 2 rings (SSSR count). The average molecular weight is 379 g/mol. The summed E-state index contributed by atoms with van der Waals surface area (Å²) < 4.78 is 38.7. The quantitative estimate of drug-likeness (QED) is 0.721. The number of anilines is 1. The number of hydrogen-bond acceptors (Lipinski definition) is 6. The minimum atomic E-state index is -3.68. The Hall–Kier alpha value is -2.32. The fourth-order valence-electron chi connectivity index (χ4n) is 2.25. The maximum absolute atomic E-state index is 12.6. The fraction of sp³-hybridized carbons (Fsp3) is 0.389. The fourth-order valence-corrected chi connectivity index (χ4v) is 3.28. The molecule has 26 heavy (non-hydrogen) atoms. The Kier molecular flexibility index (Phi) is 6.82. The molecule has 0 amide bonds. The highest BCUT2D eigenvalue weighted by molar-refractivity contribution is 7.89. The lowest BCUT2D eigenvalue weighted by molar-refractivity contribution is 0.287. The molecule has 0 bridgehead atoms. The largest absolute Gasteiger partial charge is 0.490 e. The lowest BCUT2D eigenvalue weighted by Gasteiger charge is -2.14. The van der Waals surface area contributed by atoms with Crippen molar-refractivity contribution in [2.24, 2.45) is 0 Å². The van der Waals surface area contributed by atoms with Crippen LogP contribution in [0, 0.1) is 0 Å². The van der Waals surface area contributed by atoms with E-state index in [1.54, 1.807) is 12.3 Å². The predicted molar refractivity (Wildman–Crippen MR) is 101 cm³/mol. The third kappa shape index (κ3) is 5.09. The van der Waals surface area contributed by atoms with E-state index in [-0.39, 0.29) is 11.4 Å². The van der Waals surface area contributed by atoms with Crippen molar-refractivity contribution in [1.82, 2.24) is 9.71 Å². The van der Waals surface area contributed by atoms with E-state index in [2.05, 4.69) is 9.71 Å². The van der Waals surface area contributed by atoms with Crippen LogP contribution in [0.4, 0.5) is 5.82 Å². The molecule has 1 N–H and O–H groups in total. The summed E-state index contributed by atoms with van der Waals surface area (Å²) in [6.07, 6.45) is 1.65. The van der Waals surface area contributed by atoms with Crippen molar-refractivity contribution in [3.63, 3.8) is 0 Å². The number of hydrogen-bond donors (Lipinski definition) is 1. The Bertz CT molecular complexity index is 821. The molecule has 8 heteroatoms. The molecule has 0 atom stereocenters. The first-order valence-corrected chi connectivity index (χ1v) is 9.87. The summed E-state index contributed by atoms with van der Waals surface area (Å²) in [6, 6.07) is 8.27. The van der Waals surface area contributed by atoms with Gasteiger partial charge in [0, 0.05) is 32.9 Å².